The van der Waals surface area contributed by atoms with Crippen LogP contribution in [0.15, 0.2) is 34.3 Å². The number of anilines is 2. The van der Waals surface area contributed by atoms with Gasteiger partial charge in [0.05, 0.1) is 0 Å². The minimum Gasteiger partial charge on any atom is -0.354 e. The largest absolute Gasteiger partial charge is 0.354 e. The first-order valence-electron chi connectivity index (χ1n) is 6.19. The van der Waals surface area contributed by atoms with E-state index in [0.29, 0.717) is 17.1 Å². The Kier molecular flexibility index (Phi) is 4.73. The fourth-order valence-corrected chi connectivity index (χ4v) is 2.25. The molecule has 1 N–H and O–H groups in total. The highest BCUT2D eigenvalue weighted by Gasteiger charge is 2.09. The summed E-state index contributed by atoms with van der Waals surface area (Å²) in [5.41, 5.74) is 0. The van der Waals surface area contributed by atoms with Gasteiger partial charge in [-0.2, -0.15) is 15.0 Å². The maximum absolute atomic E-state index is 13.2. The molecule has 0 bridgehead atoms. The van der Waals surface area contributed by atoms with Gasteiger partial charge in [0.1, 0.15) is 5.82 Å². The van der Waals surface area contributed by atoms with Gasteiger partial charge in [0.25, 0.3) is 0 Å². The van der Waals surface area contributed by atoms with E-state index in [2.05, 4.69) is 20.3 Å². The Morgan fingerprint density at radius 3 is 2.70 bits per heavy atom. The molecule has 0 aliphatic rings. The van der Waals surface area contributed by atoms with E-state index in [0.717, 1.165) is 11.4 Å². The molecule has 2 aromatic rings. The lowest BCUT2D eigenvalue weighted by atomic mass is 10.4. The molecule has 0 saturated carbocycles. The Morgan fingerprint density at radius 1 is 1.25 bits per heavy atom. The van der Waals surface area contributed by atoms with Crippen LogP contribution in [0.25, 0.3) is 0 Å². The molecule has 0 aliphatic heterocycles. The predicted octanol–water partition coefficient (Wildman–Crippen LogP) is 2.66. The van der Waals surface area contributed by atoms with Crippen LogP contribution in [0.4, 0.5) is 16.3 Å². The van der Waals surface area contributed by atoms with Crippen molar-refractivity contribution in [3.05, 3.63) is 30.1 Å². The van der Waals surface area contributed by atoms with E-state index in [1.807, 2.05) is 27.1 Å². The maximum atomic E-state index is 13.2. The van der Waals surface area contributed by atoms with Crippen molar-refractivity contribution in [1.82, 2.24) is 15.0 Å². The van der Waals surface area contributed by atoms with Crippen LogP contribution in [0.1, 0.15) is 6.92 Å². The number of rotatable bonds is 5. The van der Waals surface area contributed by atoms with Crippen LogP contribution >= 0.6 is 11.8 Å². The summed E-state index contributed by atoms with van der Waals surface area (Å²) in [6.45, 7) is 2.69. The van der Waals surface area contributed by atoms with Gasteiger partial charge in [0, 0.05) is 25.5 Å². The molecule has 1 heterocycles. The average molecular weight is 293 g/mol. The molecule has 7 heteroatoms. The molecule has 0 radical (unpaired) electrons. The molecule has 5 nitrogen and oxygen atoms in total. The van der Waals surface area contributed by atoms with E-state index in [9.17, 15) is 4.39 Å². The van der Waals surface area contributed by atoms with Crippen LogP contribution in [0, 0.1) is 5.82 Å². The third kappa shape index (κ3) is 3.80. The number of aromatic nitrogens is 3. The van der Waals surface area contributed by atoms with Gasteiger partial charge in [-0.25, -0.2) is 4.39 Å². The van der Waals surface area contributed by atoms with Gasteiger partial charge in [0.15, 0.2) is 5.16 Å². The van der Waals surface area contributed by atoms with Crippen LogP contribution in [-0.4, -0.2) is 35.6 Å². The van der Waals surface area contributed by atoms with Crippen LogP contribution in [0.5, 0.6) is 0 Å². The minimum atomic E-state index is -0.274. The summed E-state index contributed by atoms with van der Waals surface area (Å²) in [6.07, 6.45) is 0. The molecule has 0 aliphatic carbocycles. The van der Waals surface area contributed by atoms with E-state index in [1.54, 1.807) is 11.0 Å². The topological polar surface area (TPSA) is 53.9 Å². The van der Waals surface area contributed by atoms with E-state index in [4.69, 9.17) is 0 Å². The third-order valence-corrected chi connectivity index (χ3v) is 3.20. The number of halogens is 1. The Labute approximate surface area is 121 Å². The molecule has 0 spiro atoms. The normalized spacial score (nSPS) is 10.4. The highest BCUT2D eigenvalue weighted by Crippen LogP contribution is 2.26. The van der Waals surface area contributed by atoms with Gasteiger partial charge in [-0.15, -0.1) is 0 Å². The number of hydrogen-bond donors (Lipinski definition) is 1. The molecular weight excluding hydrogens is 277 g/mol. The summed E-state index contributed by atoms with van der Waals surface area (Å²) in [6, 6.07) is 6.35. The predicted molar refractivity (Wildman–Crippen MR) is 78.8 cm³/mol. The van der Waals surface area contributed by atoms with E-state index in [1.165, 1.54) is 23.9 Å². The number of hydrogen-bond acceptors (Lipinski definition) is 6. The van der Waals surface area contributed by atoms with Crippen LogP contribution in [0.2, 0.25) is 0 Å². The van der Waals surface area contributed by atoms with Gasteiger partial charge in [-0.05, 0) is 36.9 Å². The summed E-state index contributed by atoms with van der Waals surface area (Å²) < 4.78 is 13.2. The lowest BCUT2D eigenvalue weighted by Crippen LogP contribution is -2.15. The highest BCUT2D eigenvalue weighted by atomic mass is 32.2. The monoisotopic (exact) mass is 293 g/mol. The molecule has 1 aromatic heterocycles. The smallest absolute Gasteiger partial charge is 0.230 e. The number of nitrogens with zero attached hydrogens (tertiary/aromatic N) is 4. The zero-order chi connectivity index (χ0) is 14.5. The summed E-state index contributed by atoms with van der Waals surface area (Å²) in [4.78, 5) is 15.5. The Hall–Kier alpha value is -1.89. The fraction of sp³-hybridized carbons (Fsp3) is 0.308. The second-order valence-electron chi connectivity index (χ2n) is 4.23. The fourth-order valence-electron chi connectivity index (χ4n) is 1.46. The van der Waals surface area contributed by atoms with Crippen molar-refractivity contribution in [2.75, 3.05) is 30.9 Å². The lowest BCUT2D eigenvalue weighted by molar-refractivity contribution is 0.624. The minimum absolute atomic E-state index is 0.274. The summed E-state index contributed by atoms with van der Waals surface area (Å²) in [5, 5.41) is 3.60. The summed E-state index contributed by atoms with van der Waals surface area (Å²) in [7, 11) is 3.73. The molecule has 106 valence electrons. The molecular formula is C13H16FN5S. The quantitative estimate of drug-likeness (QED) is 0.914. The van der Waals surface area contributed by atoms with Crippen molar-refractivity contribution in [3.8, 4) is 0 Å². The highest BCUT2D eigenvalue weighted by molar-refractivity contribution is 7.99. The standard InChI is InChI=1S/C13H16FN5S/c1-4-15-11-16-12(19(2)3)18-13(17-11)20-10-7-5-6-9(14)8-10/h5-8H,4H2,1-3H3,(H,15,16,17,18). The molecule has 2 rings (SSSR count). The van der Waals surface area contributed by atoms with E-state index in [-0.39, 0.29) is 5.82 Å². The van der Waals surface area contributed by atoms with Crippen molar-refractivity contribution in [2.45, 2.75) is 17.0 Å². The molecule has 0 saturated heterocycles. The van der Waals surface area contributed by atoms with E-state index < -0.39 is 0 Å². The Morgan fingerprint density at radius 2 is 2.05 bits per heavy atom. The lowest BCUT2D eigenvalue weighted by Gasteiger charge is -2.12. The van der Waals surface area contributed by atoms with Crippen molar-refractivity contribution in [2.24, 2.45) is 0 Å². The SMILES string of the molecule is CCNc1nc(Sc2cccc(F)c2)nc(N(C)C)n1. The van der Waals surface area contributed by atoms with Crippen LogP contribution in [0.3, 0.4) is 0 Å². The van der Waals surface area contributed by atoms with Gasteiger partial charge in [0.2, 0.25) is 11.9 Å². The van der Waals surface area contributed by atoms with Crippen molar-refractivity contribution in [3.63, 3.8) is 0 Å². The first kappa shape index (κ1) is 14.5. The molecule has 20 heavy (non-hydrogen) atoms. The third-order valence-electron chi connectivity index (χ3n) is 2.34. The second-order valence-corrected chi connectivity index (χ2v) is 5.27. The molecule has 0 fully saturated rings. The van der Waals surface area contributed by atoms with Gasteiger partial charge in [-0.1, -0.05) is 6.07 Å². The van der Waals surface area contributed by atoms with Crippen LogP contribution in [-0.2, 0) is 0 Å². The Balaban J connectivity index is 2.30. The first-order valence-corrected chi connectivity index (χ1v) is 7.01. The number of nitrogens with one attached hydrogen (secondary N) is 1. The van der Waals surface area contributed by atoms with Crippen LogP contribution < -0.4 is 10.2 Å². The molecule has 0 amide bonds. The van der Waals surface area contributed by atoms with Crippen molar-refractivity contribution >= 4 is 23.7 Å². The maximum Gasteiger partial charge on any atom is 0.230 e. The molecule has 0 atom stereocenters. The van der Waals surface area contributed by atoms with Gasteiger partial charge >= 0.3 is 0 Å². The zero-order valence-electron chi connectivity index (χ0n) is 11.6. The van der Waals surface area contributed by atoms with Gasteiger partial charge in [-0.3, -0.25) is 0 Å². The van der Waals surface area contributed by atoms with Crippen molar-refractivity contribution < 1.29 is 4.39 Å². The zero-order valence-corrected chi connectivity index (χ0v) is 12.4. The molecule has 0 unspecified atom stereocenters. The van der Waals surface area contributed by atoms with Gasteiger partial charge < -0.3 is 10.2 Å². The molecule has 1 aromatic carbocycles. The average Bonchev–Trinajstić information content (AvgIpc) is 2.38. The summed E-state index contributed by atoms with van der Waals surface area (Å²) in [5.74, 6) is 0.809. The number of benzene rings is 1. The van der Waals surface area contributed by atoms with E-state index >= 15 is 0 Å². The first-order chi connectivity index (χ1) is 9.58. The van der Waals surface area contributed by atoms with Crippen molar-refractivity contribution in [1.29, 1.82) is 0 Å². The second kappa shape index (κ2) is 6.51. The summed E-state index contributed by atoms with van der Waals surface area (Å²) >= 11 is 1.30. The Bertz CT molecular complexity index is 591.